The standard InChI is InChI=1S/C12H15NO3/c1-15-10-5-7-11(8-6-10)16-13-9-3-2-4-12(13)14/h5-8H,2-4,9H2,1H3. The van der Waals surface area contributed by atoms with Crippen LogP contribution in [0, 0.1) is 0 Å². The Kier molecular flexibility index (Phi) is 3.29. The van der Waals surface area contributed by atoms with Crippen LogP contribution in [0.2, 0.25) is 0 Å². The van der Waals surface area contributed by atoms with Crippen LogP contribution in [-0.4, -0.2) is 24.6 Å². The summed E-state index contributed by atoms with van der Waals surface area (Å²) < 4.78 is 5.04. The van der Waals surface area contributed by atoms with Gasteiger partial charge in [0, 0.05) is 6.42 Å². The number of hydrogen-bond acceptors (Lipinski definition) is 3. The number of carbonyl (C=O) groups is 1. The summed E-state index contributed by atoms with van der Waals surface area (Å²) in [5.41, 5.74) is 0. The number of rotatable bonds is 3. The van der Waals surface area contributed by atoms with E-state index >= 15 is 0 Å². The molecular formula is C12H15NO3. The minimum atomic E-state index is 0.0575. The van der Waals surface area contributed by atoms with E-state index in [1.807, 2.05) is 12.1 Å². The van der Waals surface area contributed by atoms with Crippen molar-refractivity contribution in [3.63, 3.8) is 0 Å². The fourth-order valence-electron chi connectivity index (χ4n) is 1.64. The van der Waals surface area contributed by atoms with Gasteiger partial charge in [-0.3, -0.25) is 4.79 Å². The van der Waals surface area contributed by atoms with Gasteiger partial charge in [-0.05, 0) is 37.1 Å². The summed E-state index contributed by atoms with van der Waals surface area (Å²) in [6.45, 7) is 0.671. The zero-order valence-corrected chi connectivity index (χ0v) is 9.31. The average molecular weight is 221 g/mol. The highest BCUT2D eigenvalue weighted by Gasteiger charge is 2.19. The Balaban J connectivity index is 1.99. The third-order valence-electron chi connectivity index (χ3n) is 2.56. The van der Waals surface area contributed by atoms with Gasteiger partial charge in [0.2, 0.25) is 0 Å². The number of piperidine rings is 1. The predicted octanol–water partition coefficient (Wildman–Crippen LogP) is 2.00. The van der Waals surface area contributed by atoms with Gasteiger partial charge in [-0.25, -0.2) is 0 Å². The van der Waals surface area contributed by atoms with Crippen LogP contribution in [-0.2, 0) is 4.79 Å². The molecule has 0 aromatic heterocycles. The van der Waals surface area contributed by atoms with Crippen molar-refractivity contribution in [2.24, 2.45) is 0 Å². The van der Waals surface area contributed by atoms with Gasteiger partial charge in [-0.2, -0.15) is 5.06 Å². The molecular weight excluding hydrogens is 206 g/mol. The molecule has 0 bridgehead atoms. The predicted molar refractivity (Wildman–Crippen MR) is 59.2 cm³/mol. The molecule has 0 atom stereocenters. The molecule has 0 unspecified atom stereocenters. The van der Waals surface area contributed by atoms with E-state index in [0.717, 1.165) is 18.6 Å². The fourth-order valence-corrected chi connectivity index (χ4v) is 1.64. The molecule has 2 rings (SSSR count). The van der Waals surface area contributed by atoms with Gasteiger partial charge in [0.15, 0.2) is 5.75 Å². The number of benzene rings is 1. The molecule has 4 heteroatoms. The quantitative estimate of drug-likeness (QED) is 0.783. The third kappa shape index (κ3) is 2.45. The minimum Gasteiger partial charge on any atom is -0.497 e. The van der Waals surface area contributed by atoms with Crippen LogP contribution < -0.4 is 9.57 Å². The van der Waals surface area contributed by atoms with E-state index in [2.05, 4.69) is 0 Å². The number of hydrogen-bond donors (Lipinski definition) is 0. The summed E-state index contributed by atoms with van der Waals surface area (Å²) in [5.74, 6) is 1.50. The second kappa shape index (κ2) is 4.88. The molecule has 1 aliphatic rings. The van der Waals surface area contributed by atoms with Crippen LogP contribution in [0.1, 0.15) is 19.3 Å². The smallest absolute Gasteiger partial charge is 0.255 e. The molecule has 0 radical (unpaired) electrons. The van der Waals surface area contributed by atoms with Gasteiger partial charge in [-0.1, -0.05) is 0 Å². The Hall–Kier alpha value is -1.71. The van der Waals surface area contributed by atoms with Crippen molar-refractivity contribution < 1.29 is 14.4 Å². The van der Waals surface area contributed by atoms with Crippen LogP contribution in [0.25, 0.3) is 0 Å². The van der Waals surface area contributed by atoms with Gasteiger partial charge >= 0.3 is 0 Å². The van der Waals surface area contributed by atoms with Crippen LogP contribution in [0.3, 0.4) is 0 Å². The molecule has 16 heavy (non-hydrogen) atoms. The van der Waals surface area contributed by atoms with E-state index < -0.39 is 0 Å². The van der Waals surface area contributed by atoms with Crippen molar-refractivity contribution >= 4 is 5.91 Å². The van der Waals surface area contributed by atoms with Crippen molar-refractivity contribution in [3.05, 3.63) is 24.3 Å². The maximum atomic E-state index is 11.5. The number of methoxy groups -OCH3 is 1. The highest BCUT2D eigenvalue weighted by Crippen LogP contribution is 2.20. The number of nitrogens with zero attached hydrogens (tertiary/aromatic N) is 1. The number of hydroxylamine groups is 2. The Bertz CT molecular complexity index is 361. The van der Waals surface area contributed by atoms with E-state index in [-0.39, 0.29) is 5.91 Å². The molecule has 4 nitrogen and oxygen atoms in total. The normalized spacial score (nSPS) is 16.1. The second-order valence-electron chi connectivity index (χ2n) is 3.72. The van der Waals surface area contributed by atoms with E-state index in [1.54, 1.807) is 19.2 Å². The summed E-state index contributed by atoms with van der Waals surface area (Å²) in [7, 11) is 1.62. The first-order valence-corrected chi connectivity index (χ1v) is 5.42. The topological polar surface area (TPSA) is 38.8 Å². The molecule has 1 aliphatic heterocycles. The lowest BCUT2D eigenvalue weighted by molar-refractivity contribution is -0.161. The van der Waals surface area contributed by atoms with Gasteiger partial charge in [-0.15, -0.1) is 0 Å². The SMILES string of the molecule is COc1ccc(ON2CCCCC2=O)cc1. The molecule has 1 heterocycles. The first-order valence-electron chi connectivity index (χ1n) is 5.42. The average Bonchev–Trinajstić information content (AvgIpc) is 2.33. The molecule has 86 valence electrons. The van der Waals surface area contributed by atoms with Crippen LogP contribution in [0.15, 0.2) is 24.3 Å². The summed E-state index contributed by atoms with van der Waals surface area (Å²) >= 11 is 0. The summed E-state index contributed by atoms with van der Waals surface area (Å²) in [4.78, 5) is 17.0. The molecule has 1 aromatic carbocycles. The molecule has 0 aliphatic carbocycles. The van der Waals surface area contributed by atoms with Crippen molar-refractivity contribution in [1.82, 2.24) is 5.06 Å². The number of amides is 1. The molecule has 0 N–H and O–H groups in total. The third-order valence-corrected chi connectivity index (χ3v) is 2.56. The summed E-state index contributed by atoms with van der Waals surface area (Å²) in [5, 5.41) is 1.44. The fraction of sp³-hybridized carbons (Fsp3) is 0.417. The van der Waals surface area contributed by atoms with Gasteiger partial charge in [0.05, 0.1) is 13.7 Å². The van der Waals surface area contributed by atoms with Gasteiger partial charge in [0.25, 0.3) is 5.91 Å². The molecule has 1 amide bonds. The first-order chi connectivity index (χ1) is 7.79. The Labute approximate surface area is 94.7 Å². The molecule has 1 saturated heterocycles. The monoisotopic (exact) mass is 221 g/mol. The van der Waals surface area contributed by atoms with Crippen molar-refractivity contribution in [1.29, 1.82) is 0 Å². The summed E-state index contributed by atoms with van der Waals surface area (Å²) in [6, 6.07) is 7.20. The van der Waals surface area contributed by atoms with Gasteiger partial charge < -0.3 is 9.57 Å². The summed E-state index contributed by atoms with van der Waals surface area (Å²) in [6.07, 6.45) is 2.54. The second-order valence-corrected chi connectivity index (χ2v) is 3.72. The maximum Gasteiger partial charge on any atom is 0.255 e. The zero-order chi connectivity index (χ0) is 11.4. The van der Waals surface area contributed by atoms with Crippen LogP contribution >= 0.6 is 0 Å². The zero-order valence-electron chi connectivity index (χ0n) is 9.31. The maximum absolute atomic E-state index is 11.5. The first kappa shape index (κ1) is 10.8. The lowest BCUT2D eigenvalue weighted by Crippen LogP contribution is -2.37. The largest absolute Gasteiger partial charge is 0.497 e. The Morgan fingerprint density at radius 3 is 2.44 bits per heavy atom. The molecule has 0 saturated carbocycles. The lowest BCUT2D eigenvalue weighted by atomic mass is 10.1. The lowest BCUT2D eigenvalue weighted by Gasteiger charge is -2.25. The number of carbonyl (C=O) groups excluding carboxylic acids is 1. The van der Waals surface area contributed by atoms with Crippen molar-refractivity contribution in [2.45, 2.75) is 19.3 Å². The number of ether oxygens (including phenoxy) is 1. The van der Waals surface area contributed by atoms with Gasteiger partial charge in [0.1, 0.15) is 5.75 Å². The van der Waals surface area contributed by atoms with E-state index in [9.17, 15) is 4.79 Å². The van der Waals surface area contributed by atoms with Crippen LogP contribution in [0.5, 0.6) is 11.5 Å². The molecule has 1 aromatic rings. The van der Waals surface area contributed by atoms with E-state index in [0.29, 0.717) is 18.7 Å². The molecule has 0 spiro atoms. The molecule has 1 fully saturated rings. The Morgan fingerprint density at radius 1 is 1.12 bits per heavy atom. The van der Waals surface area contributed by atoms with Crippen molar-refractivity contribution in [2.75, 3.05) is 13.7 Å². The van der Waals surface area contributed by atoms with Crippen LogP contribution in [0.4, 0.5) is 0 Å². The van der Waals surface area contributed by atoms with Crippen molar-refractivity contribution in [3.8, 4) is 11.5 Å². The Morgan fingerprint density at radius 2 is 1.81 bits per heavy atom. The highest BCUT2D eigenvalue weighted by molar-refractivity contribution is 5.75. The minimum absolute atomic E-state index is 0.0575. The van der Waals surface area contributed by atoms with E-state index in [1.165, 1.54) is 5.06 Å². The highest BCUT2D eigenvalue weighted by atomic mass is 16.7. The van der Waals surface area contributed by atoms with E-state index in [4.69, 9.17) is 9.57 Å².